The Bertz CT molecular complexity index is 1190. The minimum Gasteiger partial charge on any atom is -0.341 e. The Kier molecular flexibility index (Phi) is 5.57. The Morgan fingerprint density at radius 2 is 1.70 bits per heavy atom. The number of carbonyl (C=O) groups excluding carboxylic acids is 1. The van der Waals surface area contributed by atoms with Gasteiger partial charge < -0.3 is 9.88 Å². The number of piperazine rings is 1. The molecular formula is C22H28N4O3S. The lowest BCUT2D eigenvalue weighted by Gasteiger charge is -2.36. The molecule has 2 heterocycles. The highest BCUT2D eigenvalue weighted by atomic mass is 32.2. The minimum absolute atomic E-state index is 0.0821. The number of hydrogen-bond acceptors (Lipinski definition) is 4. The lowest BCUT2D eigenvalue weighted by atomic mass is 10.1. The van der Waals surface area contributed by atoms with Crippen molar-refractivity contribution in [1.82, 2.24) is 13.8 Å². The fourth-order valence-electron chi connectivity index (χ4n) is 4.31. The molecule has 0 aliphatic carbocycles. The molecule has 1 fully saturated rings. The predicted octanol–water partition coefficient (Wildman–Crippen LogP) is 2.72. The van der Waals surface area contributed by atoms with E-state index in [0.29, 0.717) is 26.2 Å². The van der Waals surface area contributed by atoms with Crippen LogP contribution in [0.5, 0.6) is 0 Å². The van der Waals surface area contributed by atoms with Gasteiger partial charge in [0.1, 0.15) is 0 Å². The Hall–Kier alpha value is -2.42. The van der Waals surface area contributed by atoms with Crippen LogP contribution in [0.2, 0.25) is 0 Å². The molecule has 0 radical (unpaired) electrons. The van der Waals surface area contributed by atoms with Gasteiger partial charge in [-0.25, -0.2) is 8.42 Å². The SMILES string of the molecule is CCn1c2ccccc2c2cc(NC(=O)C(C)N3CCN(S(C)(=O)=O)CC3)ccc21. The number of amides is 1. The van der Waals surface area contributed by atoms with E-state index in [1.165, 1.54) is 21.5 Å². The fourth-order valence-corrected chi connectivity index (χ4v) is 5.13. The van der Waals surface area contributed by atoms with Gasteiger partial charge in [-0.3, -0.25) is 9.69 Å². The van der Waals surface area contributed by atoms with E-state index in [1.807, 2.05) is 36.1 Å². The highest BCUT2D eigenvalue weighted by Gasteiger charge is 2.28. The van der Waals surface area contributed by atoms with Gasteiger partial charge in [0.25, 0.3) is 0 Å². The van der Waals surface area contributed by atoms with Gasteiger partial charge in [0, 0.05) is 60.2 Å². The molecule has 0 saturated carbocycles. The quantitative estimate of drug-likeness (QED) is 0.678. The summed E-state index contributed by atoms with van der Waals surface area (Å²) in [6.07, 6.45) is 1.23. The van der Waals surface area contributed by atoms with Gasteiger partial charge in [-0.05, 0) is 38.1 Å². The zero-order chi connectivity index (χ0) is 21.5. The monoisotopic (exact) mass is 428 g/mol. The van der Waals surface area contributed by atoms with Crippen LogP contribution in [0.4, 0.5) is 5.69 Å². The Balaban J connectivity index is 1.51. The summed E-state index contributed by atoms with van der Waals surface area (Å²) in [4.78, 5) is 14.9. The van der Waals surface area contributed by atoms with Crippen molar-refractivity contribution in [3.63, 3.8) is 0 Å². The van der Waals surface area contributed by atoms with E-state index < -0.39 is 10.0 Å². The summed E-state index contributed by atoms with van der Waals surface area (Å²) in [6, 6.07) is 14.0. The molecule has 7 nitrogen and oxygen atoms in total. The fraction of sp³-hybridized carbons (Fsp3) is 0.409. The lowest BCUT2D eigenvalue weighted by molar-refractivity contribution is -0.121. The summed E-state index contributed by atoms with van der Waals surface area (Å²) < 4.78 is 27.1. The van der Waals surface area contributed by atoms with Gasteiger partial charge in [-0.1, -0.05) is 18.2 Å². The van der Waals surface area contributed by atoms with Crippen LogP contribution < -0.4 is 5.32 Å². The van der Waals surface area contributed by atoms with E-state index in [0.717, 1.165) is 23.1 Å². The van der Waals surface area contributed by atoms with Crippen LogP contribution >= 0.6 is 0 Å². The van der Waals surface area contributed by atoms with Crippen LogP contribution in [0.1, 0.15) is 13.8 Å². The van der Waals surface area contributed by atoms with E-state index in [-0.39, 0.29) is 11.9 Å². The second kappa shape index (κ2) is 8.02. The summed E-state index contributed by atoms with van der Waals surface area (Å²) in [7, 11) is -3.18. The molecule has 0 spiro atoms. The summed E-state index contributed by atoms with van der Waals surface area (Å²) in [5.74, 6) is -0.0821. The first-order valence-electron chi connectivity index (χ1n) is 10.3. The number of nitrogens with one attached hydrogen (secondary N) is 1. The molecule has 1 unspecified atom stereocenters. The van der Waals surface area contributed by atoms with Crippen molar-refractivity contribution in [3.05, 3.63) is 42.5 Å². The molecule has 160 valence electrons. The third-order valence-corrected chi connectivity index (χ3v) is 7.33. The van der Waals surface area contributed by atoms with Gasteiger partial charge in [-0.15, -0.1) is 0 Å². The Morgan fingerprint density at radius 1 is 1.03 bits per heavy atom. The smallest absolute Gasteiger partial charge is 0.241 e. The molecule has 4 rings (SSSR count). The number of carbonyl (C=O) groups is 1. The average molecular weight is 429 g/mol. The molecule has 1 aromatic heterocycles. The maximum Gasteiger partial charge on any atom is 0.241 e. The van der Waals surface area contributed by atoms with Gasteiger partial charge in [0.05, 0.1) is 12.3 Å². The van der Waals surface area contributed by atoms with Crippen LogP contribution in [0.3, 0.4) is 0 Å². The average Bonchev–Trinajstić information content (AvgIpc) is 3.05. The molecule has 1 aliphatic heterocycles. The van der Waals surface area contributed by atoms with E-state index in [1.54, 1.807) is 0 Å². The Morgan fingerprint density at radius 3 is 2.37 bits per heavy atom. The zero-order valence-corrected chi connectivity index (χ0v) is 18.4. The van der Waals surface area contributed by atoms with Crippen molar-refractivity contribution in [2.45, 2.75) is 26.4 Å². The lowest BCUT2D eigenvalue weighted by Crippen LogP contribution is -2.53. The molecular weight excluding hydrogens is 400 g/mol. The number of aromatic nitrogens is 1. The molecule has 2 aromatic carbocycles. The van der Waals surface area contributed by atoms with E-state index in [9.17, 15) is 13.2 Å². The number of hydrogen-bond donors (Lipinski definition) is 1. The summed E-state index contributed by atoms with van der Waals surface area (Å²) >= 11 is 0. The number of fused-ring (bicyclic) bond motifs is 3. The van der Waals surface area contributed by atoms with Gasteiger partial charge in [-0.2, -0.15) is 4.31 Å². The van der Waals surface area contributed by atoms with Gasteiger partial charge in [0.15, 0.2) is 0 Å². The standard InChI is InChI=1S/C22H28N4O3S/c1-4-26-20-8-6-5-7-18(20)19-15-17(9-10-21(19)26)23-22(27)16(2)24-11-13-25(14-12-24)30(3,28)29/h5-10,15-16H,4,11-14H2,1-3H3,(H,23,27). The zero-order valence-electron chi connectivity index (χ0n) is 17.6. The number of para-hydroxylation sites is 1. The molecule has 3 aromatic rings. The van der Waals surface area contributed by atoms with Crippen LogP contribution in [0.15, 0.2) is 42.5 Å². The second-order valence-electron chi connectivity index (χ2n) is 7.86. The highest BCUT2D eigenvalue weighted by Crippen LogP contribution is 2.31. The largest absolute Gasteiger partial charge is 0.341 e. The van der Waals surface area contributed by atoms with Crippen molar-refractivity contribution in [1.29, 1.82) is 0 Å². The molecule has 1 aliphatic rings. The van der Waals surface area contributed by atoms with Crippen LogP contribution in [0, 0.1) is 0 Å². The van der Waals surface area contributed by atoms with Gasteiger partial charge >= 0.3 is 0 Å². The number of sulfonamides is 1. The number of benzene rings is 2. The van der Waals surface area contributed by atoms with Crippen molar-refractivity contribution in [3.8, 4) is 0 Å². The van der Waals surface area contributed by atoms with Crippen LogP contribution in [0.25, 0.3) is 21.8 Å². The number of nitrogens with zero attached hydrogens (tertiary/aromatic N) is 3. The molecule has 30 heavy (non-hydrogen) atoms. The first kappa shape index (κ1) is 20.8. The van der Waals surface area contributed by atoms with Crippen LogP contribution in [-0.2, 0) is 21.4 Å². The third-order valence-electron chi connectivity index (χ3n) is 6.03. The van der Waals surface area contributed by atoms with Crippen LogP contribution in [-0.4, -0.2) is 66.6 Å². The first-order chi connectivity index (χ1) is 14.3. The molecule has 0 bridgehead atoms. The van der Waals surface area contributed by atoms with E-state index in [4.69, 9.17) is 0 Å². The summed E-state index contributed by atoms with van der Waals surface area (Å²) in [6.45, 7) is 6.80. The number of rotatable bonds is 5. The van der Waals surface area contributed by atoms with Crippen molar-refractivity contribution < 1.29 is 13.2 Å². The Labute approximate surface area is 177 Å². The maximum absolute atomic E-state index is 12.9. The van der Waals surface area contributed by atoms with Crippen molar-refractivity contribution in [2.75, 3.05) is 37.8 Å². The molecule has 1 atom stereocenters. The van der Waals surface area contributed by atoms with Crippen molar-refractivity contribution >= 4 is 43.4 Å². The van der Waals surface area contributed by atoms with E-state index >= 15 is 0 Å². The molecule has 1 N–H and O–H groups in total. The van der Waals surface area contributed by atoms with Crippen molar-refractivity contribution in [2.24, 2.45) is 0 Å². The number of anilines is 1. The minimum atomic E-state index is -3.18. The predicted molar refractivity (Wildman–Crippen MR) is 121 cm³/mol. The van der Waals surface area contributed by atoms with Gasteiger partial charge in [0.2, 0.25) is 15.9 Å². The third kappa shape index (κ3) is 3.82. The normalized spacial score (nSPS) is 17.4. The summed E-state index contributed by atoms with van der Waals surface area (Å²) in [5, 5.41) is 5.34. The molecule has 1 amide bonds. The first-order valence-corrected chi connectivity index (χ1v) is 12.2. The highest BCUT2D eigenvalue weighted by molar-refractivity contribution is 7.88. The van der Waals surface area contributed by atoms with E-state index in [2.05, 4.69) is 35.0 Å². The second-order valence-corrected chi connectivity index (χ2v) is 9.84. The maximum atomic E-state index is 12.9. The molecule has 8 heteroatoms. The number of aryl methyl sites for hydroxylation is 1. The summed E-state index contributed by atoms with van der Waals surface area (Å²) in [5.41, 5.74) is 3.12. The molecule has 1 saturated heterocycles. The topological polar surface area (TPSA) is 74.7 Å².